The predicted molar refractivity (Wildman–Crippen MR) is 125 cm³/mol. The highest BCUT2D eigenvalue weighted by atomic mass is 35.5. The first-order chi connectivity index (χ1) is 14.8. The summed E-state index contributed by atoms with van der Waals surface area (Å²) in [7, 11) is 0. The minimum absolute atomic E-state index is 0.0281. The number of nitrogens with one attached hydrogen (secondary N) is 1. The van der Waals surface area contributed by atoms with Crippen molar-refractivity contribution in [3.05, 3.63) is 63.7 Å². The van der Waals surface area contributed by atoms with Crippen LogP contribution in [0.15, 0.2) is 36.4 Å². The van der Waals surface area contributed by atoms with Crippen LogP contribution in [0.3, 0.4) is 0 Å². The van der Waals surface area contributed by atoms with Gasteiger partial charge in [0.05, 0.1) is 6.10 Å². The summed E-state index contributed by atoms with van der Waals surface area (Å²) >= 11 is 6.23. The molecule has 0 radical (unpaired) electrons. The van der Waals surface area contributed by atoms with E-state index in [1.807, 2.05) is 19.1 Å². The molecule has 0 saturated carbocycles. The molecule has 0 unspecified atom stereocenters. The molecule has 1 aliphatic heterocycles. The Bertz CT molecular complexity index is 875. The lowest BCUT2D eigenvalue weighted by molar-refractivity contribution is -0.123. The largest absolute Gasteiger partial charge is 0.483 e. The van der Waals surface area contributed by atoms with Gasteiger partial charge in [-0.25, -0.2) is 0 Å². The third-order valence-corrected chi connectivity index (χ3v) is 6.15. The number of rotatable bonds is 8. The lowest BCUT2D eigenvalue weighted by atomic mass is 10.0. The highest BCUT2D eigenvalue weighted by Crippen LogP contribution is 2.32. The van der Waals surface area contributed by atoms with E-state index in [2.05, 4.69) is 48.3 Å². The Balaban J connectivity index is 1.46. The van der Waals surface area contributed by atoms with Crippen LogP contribution in [0.4, 0.5) is 0 Å². The lowest BCUT2D eigenvalue weighted by Gasteiger charge is -2.29. The van der Waals surface area contributed by atoms with Gasteiger partial charge in [-0.15, -0.1) is 0 Å². The van der Waals surface area contributed by atoms with Crippen LogP contribution in [0.1, 0.15) is 54.9 Å². The zero-order valence-electron chi connectivity index (χ0n) is 18.7. The van der Waals surface area contributed by atoms with Gasteiger partial charge in [-0.05, 0) is 60.1 Å². The van der Waals surface area contributed by atoms with Crippen LogP contribution in [0.2, 0.25) is 5.02 Å². The number of nitrogens with zero attached hydrogens (tertiary/aromatic N) is 1. The summed E-state index contributed by atoms with van der Waals surface area (Å²) in [5, 5.41) is 13.3. The predicted octanol–water partition coefficient (Wildman–Crippen LogP) is 4.42. The van der Waals surface area contributed by atoms with Gasteiger partial charge >= 0.3 is 0 Å². The van der Waals surface area contributed by atoms with E-state index in [4.69, 9.17) is 16.3 Å². The second-order valence-electron chi connectivity index (χ2n) is 8.68. The summed E-state index contributed by atoms with van der Waals surface area (Å²) in [6.45, 7) is 9.28. The van der Waals surface area contributed by atoms with E-state index in [-0.39, 0.29) is 24.5 Å². The number of hydrogen-bond acceptors (Lipinski definition) is 4. The molecule has 2 aromatic rings. The van der Waals surface area contributed by atoms with Crippen LogP contribution < -0.4 is 10.1 Å². The van der Waals surface area contributed by atoms with Crippen LogP contribution in [0, 0.1) is 6.92 Å². The molecule has 1 amide bonds. The smallest absolute Gasteiger partial charge is 0.258 e. The zero-order valence-corrected chi connectivity index (χ0v) is 19.4. The highest BCUT2D eigenvalue weighted by Gasteiger charge is 2.17. The normalized spacial score (nSPS) is 15.3. The molecule has 2 N–H and O–H groups in total. The van der Waals surface area contributed by atoms with Gasteiger partial charge in [0.15, 0.2) is 6.61 Å². The van der Waals surface area contributed by atoms with Crippen molar-refractivity contribution in [1.82, 2.24) is 10.2 Å². The van der Waals surface area contributed by atoms with Crippen molar-refractivity contribution in [1.29, 1.82) is 0 Å². The summed E-state index contributed by atoms with van der Waals surface area (Å²) in [4.78, 5) is 14.7. The Morgan fingerprint density at radius 1 is 1.19 bits per heavy atom. The molecule has 1 saturated heterocycles. The molecule has 6 heteroatoms. The molecule has 5 nitrogen and oxygen atoms in total. The number of aliphatic hydroxyl groups is 1. The van der Waals surface area contributed by atoms with Gasteiger partial charge in [0.25, 0.3) is 5.91 Å². The molecule has 0 atom stereocenters. The molecule has 0 aliphatic carbocycles. The summed E-state index contributed by atoms with van der Waals surface area (Å²) in [5.41, 5.74) is 4.23. The van der Waals surface area contributed by atoms with E-state index >= 15 is 0 Å². The molecule has 168 valence electrons. The Morgan fingerprint density at radius 3 is 2.48 bits per heavy atom. The summed E-state index contributed by atoms with van der Waals surface area (Å²) in [6, 6.07) is 12.1. The van der Waals surface area contributed by atoms with Crippen molar-refractivity contribution in [3.8, 4) is 5.75 Å². The molecule has 0 bridgehead atoms. The second-order valence-corrected chi connectivity index (χ2v) is 9.09. The Kier molecular flexibility index (Phi) is 8.35. The number of benzene rings is 2. The molecular formula is C25H33ClN2O3. The number of ether oxygens (including phenoxy) is 1. The molecule has 31 heavy (non-hydrogen) atoms. The number of aliphatic hydroxyl groups excluding tert-OH is 1. The van der Waals surface area contributed by atoms with E-state index < -0.39 is 0 Å². The van der Waals surface area contributed by atoms with Crippen molar-refractivity contribution < 1.29 is 14.6 Å². The maximum Gasteiger partial charge on any atom is 0.258 e. The average molecular weight is 445 g/mol. The third-order valence-electron chi connectivity index (χ3n) is 5.75. The number of carbonyl (C=O) groups excluding carboxylic acids is 1. The minimum atomic E-state index is -0.154. The molecule has 1 fully saturated rings. The van der Waals surface area contributed by atoms with Gasteiger partial charge in [-0.1, -0.05) is 49.7 Å². The molecular weight excluding hydrogens is 412 g/mol. The molecule has 2 aromatic carbocycles. The quantitative estimate of drug-likeness (QED) is 0.632. The van der Waals surface area contributed by atoms with Crippen molar-refractivity contribution in [2.45, 2.75) is 58.7 Å². The standard InChI is InChI=1S/C25H33ClN2O3/c1-17(2)22-13-23(26)18(3)12-24(22)31-16-25(30)27-14-19-4-6-20(7-5-19)15-28-10-8-21(29)9-11-28/h4-7,12-13,17,21,29H,8-11,14-16H2,1-3H3,(H,27,30). The third kappa shape index (κ3) is 6.96. The fourth-order valence-corrected chi connectivity index (χ4v) is 3.91. The Hall–Kier alpha value is -2.08. The van der Waals surface area contributed by atoms with Crippen LogP contribution >= 0.6 is 11.6 Å². The molecule has 0 spiro atoms. The van der Waals surface area contributed by atoms with Crippen molar-refractivity contribution in [2.24, 2.45) is 0 Å². The van der Waals surface area contributed by atoms with Crippen LogP contribution in [0.25, 0.3) is 0 Å². The topological polar surface area (TPSA) is 61.8 Å². The summed E-state index contributed by atoms with van der Waals surface area (Å²) in [6.07, 6.45) is 1.55. The fraction of sp³-hybridized carbons (Fsp3) is 0.480. The maximum absolute atomic E-state index is 12.3. The number of piperidine rings is 1. The number of likely N-dealkylation sites (tertiary alicyclic amines) is 1. The van der Waals surface area contributed by atoms with Crippen molar-refractivity contribution >= 4 is 17.5 Å². The zero-order chi connectivity index (χ0) is 22.4. The lowest BCUT2D eigenvalue weighted by Crippen LogP contribution is -2.35. The van der Waals surface area contributed by atoms with Gasteiger partial charge in [0.1, 0.15) is 5.75 Å². The van der Waals surface area contributed by atoms with E-state index in [0.717, 1.165) is 49.2 Å². The van der Waals surface area contributed by atoms with Gasteiger partial charge in [-0.2, -0.15) is 0 Å². The number of aryl methyl sites for hydroxylation is 1. The molecule has 1 heterocycles. The number of amides is 1. The van der Waals surface area contributed by atoms with E-state index in [9.17, 15) is 9.90 Å². The first kappa shape index (κ1) is 23.6. The van der Waals surface area contributed by atoms with E-state index in [0.29, 0.717) is 17.3 Å². The minimum Gasteiger partial charge on any atom is -0.483 e. The van der Waals surface area contributed by atoms with Gasteiger partial charge in [-0.3, -0.25) is 9.69 Å². The van der Waals surface area contributed by atoms with E-state index in [1.165, 1.54) is 5.56 Å². The number of carbonyl (C=O) groups is 1. The van der Waals surface area contributed by atoms with Crippen LogP contribution in [-0.4, -0.2) is 41.7 Å². The first-order valence-electron chi connectivity index (χ1n) is 11.0. The highest BCUT2D eigenvalue weighted by molar-refractivity contribution is 6.31. The van der Waals surface area contributed by atoms with Gasteiger partial charge in [0.2, 0.25) is 0 Å². The fourth-order valence-electron chi connectivity index (χ4n) is 3.74. The van der Waals surface area contributed by atoms with Gasteiger partial charge < -0.3 is 15.2 Å². The summed E-state index contributed by atoms with van der Waals surface area (Å²) < 4.78 is 5.80. The Labute approximate surface area is 190 Å². The average Bonchev–Trinajstić information content (AvgIpc) is 2.75. The number of halogens is 1. The molecule has 3 rings (SSSR count). The van der Waals surface area contributed by atoms with Gasteiger partial charge in [0, 0.05) is 31.2 Å². The maximum atomic E-state index is 12.3. The first-order valence-corrected chi connectivity index (χ1v) is 11.4. The molecule has 1 aliphatic rings. The second kappa shape index (κ2) is 11.0. The molecule has 0 aromatic heterocycles. The van der Waals surface area contributed by atoms with Crippen molar-refractivity contribution in [3.63, 3.8) is 0 Å². The monoisotopic (exact) mass is 444 g/mol. The van der Waals surface area contributed by atoms with Crippen LogP contribution in [-0.2, 0) is 17.9 Å². The summed E-state index contributed by atoms with van der Waals surface area (Å²) in [5.74, 6) is 0.810. The van der Waals surface area contributed by atoms with Crippen LogP contribution in [0.5, 0.6) is 5.75 Å². The number of hydrogen-bond donors (Lipinski definition) is 2. The van der Waals surface area contributed by atoms with E-state index in [1.54, 1.807) is 0 Å². The SMILES string of the molecule is Cc1cc(OCC(=O)NCc2ccc(CN3CCC(O)CC3)cc2)c(C(C)C)cc1Cl. The van der Waals surface area contributed by atoms with Crippen molar-refractivity contribution in [2.75, 3.05) is 19.7 Å². The Morgan fingerprint density at radius 2 is 1.84 bits per heavy atom.